The summed E-state index contributed by atoms with van der Waals surface area (Å²) < 4.78 is 11.5. The van der Waals surface area contributed by atoms with Gasteiger partial charge in [0.05, 0.1) is 43.8 Å². The molecule has 4 atom stereocenters. The average molecular weight is 422 g/mol. The number of ether oxygens (including phenoxy) is 2. The number of H-pyrrole nitrogens is 1. The van der Waals surface area contributed by atoms with Crippen LogP contribution in [0, 0.1) is 18.8 Å². The number of methoxy groups -OCH3 is 1. The maximum Gasteiger partial charge on any atom is 0.230 e. The van der Waals surface area contributed by atoms with Gasteiger partial charge in [0, 0.05) is 19.3 Å². The Hall–Kier alpha value is -3.13. The van der Waals surface area contributed by atoms with E-state index in [1.807, 2.05) is 49.4 Å². The van der Waals surface area contributed by atoms with Crippen LogP contribution in [0.4, 0.5) is 0 Å². The Morgan fingerprint density at radius 3 is 3.00 bits per heavy atom. The molecule has 1 spiro atoms. The van der Waals surface area contributed by atoms with Crippen LogP contribution >= 0.6 is 0 Å². The first kappa shape index (κ1) is 19.8. The predicted octanol–water partition coefficient (Wildman–Crippen LogP) is 1.67. The SMILES string of the molecule is COc1cccc(CN2C[C@]34C=C[C@H](O3)[C@H](C(=O)N(C)Cc3cc(C)[nH]n3)[C@H]4C2=O)c1. The van der Waals surface area contributed by atoms with Crippen molar-refractivity contribution in [1.82, 2.24) is 20.0 Å². The molecule has 8 heteroatoms. The minimum absolute atomic E-state index is 0.0305. The number of carbonyl (C=O) groups excluding carboxylic acids is 2. The summed E-state index contributed by atoms with van der Waals surface area (Å²) in [5.74, 6) is -0.375. The number of rotatable bonds is 6. The molecule has 2 amide bonds. The zero-order valence-electron chi connectivity index (χ0n) is 17.9. The minimum atomic E-state index is -0.718. The Labute approximate surface area is 180 Å². The molecular formula is C23H26N4O4. The summed E-state index contributed by atoms with van der Waals surface area (Å²) in [5, 5.41) is 7.11. The molecule has 1 aromatic heterocycles. The van der Waals surface area contributed by atoms with E-state index in [9.17, 15) is 9.59 Å². The Balaban J connectivity index is 1.35. The van der Waals surface area contributed by atoms with Gasteiger partial charge in [-0.25, -0.2) is 0 Å². The summed E-state index contributed by atoms with van der Waals surface area (Å²) in [6.45, 7) is 3.22. The van der Waals surface area contributed by atoms with E-state index in [1.54, 1.807) is 24.0 Å². The molecule has 0 aliphatic carbocycles. The van der Waals surface area contributed by atoms with Crippen molar-refractivity contribution in [1.29, 1.82) is 0 Å². The third-order valence-corrected chi connectivity index (χ3v) is 6.51. The van der Waals surface area contributed by atoms with Crippen LogP contribution in [0.25, 0.3) is 0 Å². The second-order valence-corrected chi connectivity index (χ2v) is 8.68. The van der Waals surface area contributed by atoms with Crippen LogP contribution in [-0.2, 0) is 27.4 Å². The lowest BCUT2D eigenvalue weighted by atomic mass is 9.76. The molecular weight excluding hydrogens is 396 g/mol. The summed E-state index contributed by atoms with van der Waals surface area (Å²) in [5.41, 5.74) is 2.00. The molecule has 0 unspecified atom stereocenters. The molecule has 162 valence electrons. The normalized spacial score (nSPS) is 28.3. The van der Waals surface area contributed by atoms with Gasteiger partial charge in [0.25, 0.3) is 0 Å². The van der Waals surface area contributed by atoms with Crippen molar-refractivity contribution in [3.63, 3.8) is 0 Å². The van der Waals surface area contributed by atoms with Gasteiger partial charge in [0.15, 0.2) is 0 Å². The number of aromatic nitrogens is 2. The van der Waals surface area contributed by atoms with E-state index >= 15 is 0 Å². The monoisotopic (exact) mass is 422 g/mol. The first-order chi connectivity index (χ1) is 14.9. The van der Waals surface area contributed by atoms with Gasteiger partial charge < -0.3 is 19.3 Å². The number of carbonyl (C=O) groups is 2. The molecule has 2 fully saturated rings. The summed E-state index contributed by atoms with van der Waals surface area (Å²) in [6, 6.07) is 9.60. The van der Waals surface area contributed by atoms with Crippen molar-refractivity contribution in [3.8, 4) is 5.75 Å². The highest BCUT2D eigenvalue weighted by atomic mass is 16.5. The van der Waals surface area contributed by atoms with Crippen molar-refractivity contribution in [2.75, 3.05) is 20.7 Å². The van der Waals surface area contributed by atoms with E-state index in [0.29, 0.717) is 19.6 Å². The van der Waals surface area contributed by atoms with Crippen molar-refractivity contribution < 1.29 is 19.1 Å². The highest BCUT2D eigenvalue weighted by Gasteiger charge is 2.67. The number of nitrogens with zero attached hydrogens (tertiary/aromatic N) is 3. The second-order valence-electron chi connectivity index (χ2n) is 8.68. The molecule has 5 rings (SSSR count). The number of benzene rings is 1. The first-order valence-electron chi connectivity index (χ1n) is 10.4. The summed E-state index contributed by atoms with van der Waals surface area (Å²) >= 11 is 0. The smallest absolute Gasteiger partial charge is 0.230 e. The Morgan fingerprint density at radius 2 is 2.26 bits per heavy atom. The molecule has 2 saturated heterocycles. The summed E-state index contributed by atoms with van der Waals surface area (Å²) in [6.07, 6.45) is 3.56. The van der Waals surface area contributed by atoms with Crippen LogP contribution in [-0.4, -0.2) is 64.2 Å². The standard InChI is InChI=1S/C23H26N4O4/c1-14-9-16(25-24-14)12-26(2)21(28)19-18-7-8-23(31-18)13-27(22(29)20(19)23)11-15-5-4-6-17(10-15)30-3/h4-10,18-20H,11-13H2,1-3H3,(H,24,25)/t18-,19-,20-,23-/m0/s1. The van der Waals surface area contributed by atoms with Crippen molar-refractivity contribution >= 4 is 11.8 Å². The maximum absolute atomic E-state index is 13.4. The maximum atomic E-state index is 13.4. The lowest BCUT2D eigenvalue weighted by Crippen LogP contribution is -2.44. The lowest BCUT2D eigenvalue weighted by molar-refractivity contribution is -0.142. The fraction of sp³-hybridized carbons (Fsp3) is 0.435. The second kappa shape index (κ2) is 7.23. The molecule has 0 saturated carbocycles. The van der Waals surface area contributed by atoms with Gasteiger partial charge in [0.1, 0.15) is 11.4 Å². The van der Waals surface area contributed by atoms with Crippen molar-refractivity contribution in [2.24, 2.45) is 11.8 Å². The van der Waals surface area contributed by atoms with Crippen molar-refractivity contribution in [2.45, 2.75) is 31.7 Å². The largest absolute Gasteiger partial charge is 0.497 e. The van der Waals surface area contributed by atoms with Crippen LogP contribution in [0.15, 0.2) is 42.5 Å². The molecule has 1 N–H and O–H groups in total. The highest BCUT2D eigenvalue weighted by Crippen LogP contribution is 2.52. The zero-order chi connectivity index (χ0) is 21.8. The molecule has 3 aliphatic rings. The predicted molar refractivity (Wildman–Crippen MR) is 112 cm³/mol. The molecule has 0 radical (unpaired) electrons. The number of fused-ring (bicyclic) bond motifs is 1. The quantitative estimate of drug-likeness (QED) is 0.716. The molecule has 2 aromatic rings. The third-order valence-electron chi connectivity index (χ3n) is 6.51. The molecule has 2 bridgehead atoms. The Bertz CT molecular complexity index is 1060. The molecule has 31 heavy (non-hydrogen) atoms. The third kappa shape index (κ3) is 3.22. The van der Waals surface area contributed by atoms with E-state index in [-0.39, 0.29) is 17.9 Å². The number of amides is 2. The van der Waals surface area contributed by atoms with Gasteiger partial charge in [-0.15, -0.1) is 0 Å². The lowest BCUT2D eigenvalue weighted by Gasteiger charge is -2.27. The average Bonchev–Trinajstić information content (AvgIpc) is 3.50. The summed E-state index contributed by atoms with van der Waals surface area (Å²) in [7, 11) is 3.37. The number of nitrogens with one attached hydrogen (secondary N) is 1. The van der Waals surface area contributed by atoms with E-state index in [0.717, 1.165) is 22.7 Å². The number of aryl methyl sites for hydroxylation is 1. The summed E-state index contributed by atoms with van der Waals surface area (Å²) in [4.78, 5) is 30.2. The fourth-order valence-corrected chi connectivity index (χ4v) is 5.12. The van der Waals surface area contributed by atoms with Gasteiger partial charge in [-0.2, -0.15) is 5.10 Å². The van der Waals surface area contributed by atoms with Crippen LogP contribution in [0.1, 0.15) is 17.0 Å². The van der Waals surface area contributed by atoms with Crippen molar-refractivity contribution in [3.05, 3.63) is 59.4 Å². The highest BCUT2D eigenvalue weighted by molar-refractivity contribution is 5.93. The molecule has 8 nitrogen and oxygen atoms in total. The van der Waals surface area contributed by atoms with Crippen LogP contribution < -0.4 is 4.74 Å². The van der Waals surface area contributed by atoms with Gasteiger partial charge >= 0.3 is 0 Å². The van der Waals surface area contributed by atoms with Gasteiger partial charge in [-0.1, -0.05) is 24.3 Å². The van der Waals surface area contributed by atoms with Gasteiger partial charge in [-0.3, -0.25) is 14.7 Å². The first-order valence-corrected chi connectivity index (χ1v) is 10.4. The van der Waals surface area contributed by atoms with E-state index in [4.69, 9.17) is 9.47 Å². The number of likely N-dealkylation sites (tertiary alicyclic amines) is 1. The topological polar surface area (TPSA) is 87.8 Å². The minimum Gasteiger partial charge on any atom is -0.497 e. The van der Waals surface area contributed by atoms with Gasteiger partial charge in [-0.05, 0) is 30.7 Å². The zero-order valence-corrected chi connectivity index (χ0v) is 17.9. The van der Waals surface area contributed by atoms with E-state index in [1.165, 1.54) is 0 Å². The molecule has 4 heterocycles. The number of hydrogen-bond acceptors (Lipinski definition) is 5. The molecule has 1 aromatic carbocycles. The van der Waals surface area contributed by atoms with E-state index < -0.39 is 17.4 Å². The Morgan fingerprint density at radius 1 is 1.42 bits per heavy atom. The number of hydrogen-bond donors (Lipinski definition) is 1. The van der Waals surface area contributed by atoms with Gasteiger partial charge in [0.2, 0.25) is 11.8 Å². The van der Waals surface area contributed by atoms with E-state index in [2.05, 4.69) is 10.2 Å². The fourth-order valence-electron chi connectivity index (χ4n) is 5.12. The number of aromatic amines is 1. The van der Waals surface area contributed by atoms with Crippen LogP contribution in [0.5, 0.6) is 5.75 Å². The van der Waals surface area contributed by atoms with Crippen LogP contribution in [0.3, 0.4) is 0 Å². The molecule has 3 aliphatic heterocycles. The van der Waals surface area contributed by atoms with Crippen LogP contribution in [0.2, 0.25) is 0 Å². The Kier molecular flexibility index (Phi) is 4.62.